The Morgan fingerprint density at radius 2 is 2.11 bits per heavy atom. The number of nitrogens with two attached hydrogens (primary N) is 1. The van der Waals surface area contributed by atoms with Gasteiger partial charge in [-0.2, -0.15) is 0 Å². The first kappa shape index (κ1) is 11.2. The van der Waals surface area contributed by atoms with E-state index in [0.29, 0.717) is 12.2 Å². The van der Waals surface area contributed by atoms with Crippen LogP contribution >= 0.6 is 0 Å². The van der Waals surface area contributed by atoms with E-state index in [9.17, 15) is 5.11 Å². The summed E-state index contributed by atoms with van der Waals surface area (Å²) in [7, 11) is 0. The van der Waals surface area contributed by atoms with Gasteiger partial charge in [-0.1, -0.05) is 24.3 Å². The van der Waals surface area contributed by atoms with Gasteiger partial charge in [0.25, 0.3) is 0 Å². The highest BCUT2D eigenvalue weighted by Gasteiger charge is 2.36. The van der Waals surface area contributed by atoms with E-state index >= 15 is 0 Å². The minimum Gasteiger partial charge on any atom is -0.385 e. The van der Waals surface area contributed by atoms with Gasteiger partial charge in [0.2, 0.25) is 0 Å². The Kier molecular flexibility index (Phi) is 2.56. The number of fused-ring (bicyclic) bond motifs is 1. The lowest BCUT2D eigenvalue weighted by Crippen LogP contribution is -2.25. The number of nitrogen functional groups attached to an aromatic ring is 1. The molecule has 0 bridgehead atoms. The van der Waals surface area contributed by atoms with Crippen LogP contribution < -0.4 is 5.73 Å². The van der Waals surface area contributed by atoms with Crippen LogP contribution in [0.15, 0.2) is 42.6 Å². The lowest BCUT2D eigenvalue weighted by molar-refractivity contribution is 0.0390. The van der Waals surface area contributed by atoms with E-state index in [0.717, 1.165) is 24.0 Å². The Morgan fingerprint density at radius 3 is 2.94 bits per heavy atom. The van der Waals surface area contributed by atoms with Crippen LogP contribution in [0, 0.1) is 0 Å². The van der Waals surface area contributed by atoms with Crippen molar-refractivity contribution in [3.05, 3.63) is 59.3 Å². The van der Waals surface area contributed by atoms with Crippen LogP contribution in [-0.2, 0) is 18.4 Å². The van der Waals surface area contributed by atoms with Gasteiger partial charge in [-0.3, -0.25) is 0 Å². The molecule has 0 saturated heterocycles. The molecule has 1 aliphatic carbocycles. The van der Waals surface area contributed by atoms with Gasteiger partial charge in [0, 0.05) is 12.6 Å². The quantitative estimate of drug-likeness (QED) is 0.844. The molecular weight excluding hydrogens is 224 g/mol. The molecule has 3 nitrogen and oxygen atoms in total. The minimum atomic E-state index is -0.760. The molecule has 0 spiro atoms. The first-order chi connectivity index (χ1) is 8.67. The zero-order valence-electron chi connectivity index (χ0n) is 10.1. The minimum absolute atomic E-state index is 0.502. The molecule has 1 aromatic heterocycles. The van der Waals surface area contributed by atoms with E-state index in [1.807, 2.05) is 30.3 Å². The average molecular weight is 240 g/mol. The molecule has 0 radical (unpaired) electrons. The van der Waals surface area contributed by atoms with Crippen molar-refractivity contribution in [2.75, 3.05) is 5.73 Å². The van der Waals surface area contributed by atoms with Crippen molar-refractivity contribution in [2.45, 2.75) is 24.9 Å². The number of aliphatic hydroxyl groups is 1. The Labute approximate surface area is 106 Å². The maximum atomic E-state index is 10.8. The third-order valence-corrected chi connectivity index (χ3v) is 3.67. The largest absolute Gasteiger partial charge is 0.385 e. The molecule has 0 aliphatic heterocycles. The summed E-state index contributed by atoms with van der Waals surface area (Å²) in [6.45, 7) is 0. The summed E-state index contributed by atoms with van der Waals surface area (Å²) in [5, 5.41) is 10.8. The van der Waals surface area contributed by atoms with Crippen LogP contribution in [0.3, 0.4) is 0 Å². The molecule has 18 heavy (non-hydrogen) atoms. The Hall–Kier alpha value is -1.87. The SMILES string of the molecule is Nc1cc(CC2(O)CCc3ccccc32)ccn1. The number of pyridine rings is 1. The smallest absolute Gasteiger partial charge is 0.123 e. The number of rotatable bonds is 2. The van der Waals surface area contributed by atoms with Crippen LogP contribution in [0.2, 0.25) is 0 Å². The second-order valence-corrected chi connectivity index (χ2v) is 4.95. The van der Waals surface area contributed by atoms with Gasteiger partial charge in [-0.25, -0.2) is 4.98 Å². The number of aryl methyl sites for hydroxylation is 1. The van der Waals surface area contributed by atoms with Crippen molar-refractivity contribution in [3.63, 3.8) is 0 Å². The Bertz CT molecular complexity index is 582. The molecule has 1 atom stereocenters. The van der Waals surface area contributed by atoms with Crippen molar-refractivity contribution >= 4 is 5.82 Å². The van der Waals surface area contributed by atoms with Crippen molar-refractivity contribution in [1.82, 2.24) is 4.98 Å². The standard InChI is InChI=1S/C15H16N2O/c16-14-9-11(6-8-17-14)10-15(18)7-5-12-3-1-2-4-13(12)15/h1-4,6,8-9,18H,5,7,10H2,(H2,16,17). The van der Waals surface area contributed by atoms with Gasteiger partial charge in [0.05, 0.1) is 5.60 Å². The highest BCUT2D eigenvalue weighted by Crippen LogP contribution is 2.39. The van der Waals surface area contributed by atoms with E-state index in [1.54, 1.807) is 6.20 Å². The van der Waals surface area contributed by atoms with Crippen LogP contribution in [0.1, 0.15) is 23.1 Å². The molecule has 3 N–H and O–H groups in total. The maximum Gasteiger partial charge on any atom is 0.123 e. The van der Waals surface area contributed by atoms with E-state index in [2.05, 4.69) is 11.1 Å². The van der Waals surface area contributed by atoms with E-state index in [4.69, 9.17) is 5.73 Å². The summed E-state index contributed by atoms with van der Waals surface area (Å²) in [6, 6.07) is 11.9. The summed E-state index contributed by atoms with van der Waals surface area (Å²) in [4.78, 5) is 3.98. The van der Waals surface area contributed by atoms with Crippen LogP contribution in [0.4, 0.5) is 5.82 Å². The van der Waals surface area contributed by atoms with Crippen LogP contribution in [-0.4, -0.2) is 10.1 Å². The lowest BCUT2D eigenvalue weighted by Gasteiger charge is -2.24. The molecule has 0 amide bonds. The second kappa shape index (κ2) is 4.10. The summed E-state index contributed by atoms with van der Waals surface area (Å²) < 4.78 is 0. The summed E-state index contributed by atoms with van der Waals surface area (Å²) in [5.74, 6) is 0.502. The molecule has 1 aliphatic rings. The Balaban J connectivity index is 1.94. The molecule has 3 heteroatoms. The fourth-order valence-corrected chi connectivity index (χ4v) is 2.79. The van der Waals surface area contributed by atoms with Gasteiger partial charge < -0.3 is 10.8 Å². The topological polar surface area (TPSA) is 59.1 Å². The van der Waals surface area contributed by atoms with Gasteiger partial charge in [0.1, 0.15) is 5.82 Å². The number of aromatic nitrogens is 1. The highest BCUT2D eigenvalue weighted by atomic mass is 16.3. The maximum absolute atomic E-state index is 10.8. The van der Waals surface area contributed by atoms with Gasteiger partial charge in [-0.05, 0) is 41.7 Å². The van der Waals surface area contributed by atoms with Crippen molar-refractivity contribution in [3.8, 4) is 0 Å². The second-order valence-electron chi connectivity index (χ2n) is 4.95. The third kappa shape index (κ3) is 1.87. The number of nitrogens with zero attached hydrogens (tertiary/aromatic N) is 1. The Morgan fingerprint density at radius 1 is 1.28 bits per heavy atom. The van der Waals surface area contributed by atoms with E-state index < -0.39 is 5.60 Å². The zero-order chi connectivity index (χ0) is 12.6. The van der Waals surface area contributed by atoms with Crippen LogP contribution in [0.5, 0.6) is 0 Å². The van der Waals surface area contributed by atoms with Gasteiger partial charge >= 0.3 is 0 Å². The third-order valence-electron chi connectivity index (χ3n) is 3.67. The predicted octanol–water partition coefficient (Wildman–Crippen LogP) is 2.04. The normalized spacial score (nSPS) is 21.8. The fraction of sp³-hybridized carbons (Fsp3) is 0.267. The molecule has 1 aromatic carbocycles. The number of hydrogen-bond acceptors (Lipinski definition) is 3. The monoisotopic (exact) mass is 240 g/mol. The molecular formula is C15H16N2O. The number of anilines is 1. The predicted molar refractivity (Wildman–Crippen MR) is 71.0 cm³/mol. The van der Waals surface area contributed by atoms with Crippen LogP contribution in [0.25, 0.3) is 0 Å². The van der Waals surface area contributed by atoms with E-state index in [1.165, 1.54) is 5.56 Å². The van der Waals surface area contributed by atoms with Crippen molar-refractivity contribution in [1.29, 1.82) is 0 Å². The molecule has 3 rings (SSSR count). The first-order valence-electron chi connectivity index (χ1n) is 6.19. The molecule has 2 aromatic rings. The van der Waals surface area contributed by atoms with Gasteiger partial charge in [-0.15, -0.1) is 0 Å². The van der Waals surface area contributed by atoms with Gasteiger partial charge in [0.15, 0.2) is 0 Å². The molecule has 1 heterocycles. The number of benzene rings is 1. The zero-order valence-corrected chi connectivity index (χ0v) is 10.1. The molecule has 0 saturated carbocycles. The summed E-state index contributed by atoms with van der Waals surface area (Å²) in [6.07, 6.45) is 3.99. The number of hydrogen-bond donors (Lipinski definition) is 2. The summed E-state index contributed by atoms with van der Waals surface area (Å²) >= 11 is 0. The van der Waals surface area contributed by atoms with Crippen molar-refractivity contribution in [2.24, 2.45) is 0 Å². The lowest BCUT2D eigenvalue weighted by atomic mass is 9.89. The summed E-state index contributed by atoms with van der Waals surface area (Å²) in [5.41, 5.74) is 8.26. The average Bonchev–Trinajstić information content (AvgIpc) is 2.68. The molecule has 1 unspecified atom stereocenters. The molecule has 92 valence electrons. The highest BCUT2D eigenvalue weighted by molar-refractivity contribution is 5.40. The van der Waals surface area contributed by atoms with Crippen molar-refractivity contribution < 1.29 is 5.11 Å². The first-order valence-corrected chi connectivity index (χ1v) is 6.19. The fourth-order valence-electron chi connectivity index (χ4n) is 2.79. The molecule has 0 fully saturated rings. The van der Waals surface area contributed by atoms with E-state index in [-0.39, 0.29) is 0 Å².